The van der Waals surface area contributed by atoms with E-state index in [1.807, 2.05) is 6.92 Å². The van der Waals surface area contributed by atoms with Crippen LogP contribution in [0, 0.1) is 16.2 Å². The topological polar surface area (TPSA) is 162 Å². The highest BCUT2D eigenvalue weighted by atomic mass is 16.6. The number of allylic oxidation sites excluding steroid dienone is 3. The van der Waals surface area contributed by atoms with Gasteiger partial charge in [0.2, 0.25) is 5.88 Å². The predicted octanol–water partition coefficient (Wildman–Crippen LogP) is 5.24. The number of carbonyl (C=O) groups is 2. The summed E-state index contributed by atoms with van der Waals surface area (Å²) in [6.45, 7) is 8.23. The Kier molecular flexibility index (Phi) is 9.50. The molecule has 1 aliphatic heterocycles. The molecule has 3 atom stereocenters. The molecular weight excluding hydrogens is 536 g/mol. The summed E-state index contributed by atoms with van der Waals surface area (Å²) < 4.78 is 11.5. The minimum absolute atomic E-state index is 0.00888. The fourth-order valence-corrected chi connectivity index (χ4v) is 6.20. The highest BCUT2D eigenvalue weighted by molar-refractivity contribution is 6.11. The van der Waals surface area contributed by atoms with Crippen molar-refractivity contribution in [1.29, 1.82) is 10.8 Å². The van der Waals surface area contributed by atoms with Gasteiger partial charge in [0, 0.05) is 30.3 Å². The van der Waals surface area contributed by atoms with Gasteiger partial charge in [0.15, 0.2) is 5.82 Å². The van der Waals surface area contributed by atoms with Gasteiger partial charge < -0.3 is 14.6 Å². The zero-order chi connectivity index (χ0) is 30.7. The molecule has 11 nitrogen and oxygen atoms in total. The number of alkyl carbamates (subject to hydrolysis) is 1. The van der Waals surface area contributed by atoms with Crippen LogP contribution < -0.4 is 10.1 Å². The number of aliphatic hydroxyl groups excluding tert-OH is 1. The molecule has 2 fully saturated rings. The number of ketones is 1. The van der Waals surface area contributed by atoms with E-state index in [9.17, 15) is 14.7 Å². The van der Waals surface area contributed by atoms with Crippen molar-refractivity contribution in [2.75, 3.05) is 13.6 Å². The quantitative estimate of drug-likeness (QED) is 0.304. The maximum absolute atomic E-state index is 13.0. The Balaban J connectivity index is 1.65. The average molecular weight is 581 g/mol. The Morgan fingerprint density at radius 1 is 1.19 bits per heavy atom. The van der Waals surface area contributed by atoms with E-state index >= 15 is 0 Å². The maximum Gasteiger partial charge on any atom is 0.411 e. The summed E-state index contributed by atoms with van der Waals surface area (Å²) >= 11 is 0. The summed E-state index contributed by atoms with van der Waals surface area (Å²) in [7, 11) is 2.06. The molecule has 0 aromatic carbocycles. The predicted molar refractivity (Wildman–Crippen MR) is 159 cm³/mol. The minimum Gasteiger partial charge on any atom is -0.511 e. The second-order valence-electron chi connectivity index (χ2n) is 12.6. The summed E-state index contributed by atoms with van der Waals surface area (Å²) in [6.07, 6.45) is 8.26. The molecule has 42 heavy (non-hydrogen) atoms. The number of amides is 1. The van der Waals surface area contributed by atoms with Crippen molar-refractivity contribution >= 4 is 23.3 Å². The lowest BCUT2D eigenvalue weighted by atomic mass is 9.64. The standard InChI is InChI=1S/C31H44N6O5/c1-19(23-11-9-17-37(23)5)41-25-18-22(21(32)13-16-34-29(40)42-30(2,3)4)35-28(36-25)26(33)20-10-8-15-31(27(20)39)14-7-6-12-24(31)38/h13,16,18-19,23,32-33,39H,6-12,14-15,17H2,1-5H3,(H,34,40)/b16-13-,32-21?,33-26?/t19-,23-,31+/m0/s1. The zero-order valence-electron chi connectivity index (χ0n) is 25.4. The van der Waals surface area contributed by atoms with Crippen molar-refractivity contribution in [2.45, 2.75) is 103 Å². The number of likely N-dealkylation sites (tertiary alicyclic amines) is 1. The first kappa shape index (κ1) is 31.3. The molecule has 3 aliphatic rings. The Morgan fingerprint density at radius 2 is 1.93 bits per heavy atom. The van der Waals surface area contributed by atoms with Gasteiger partial charge >= 0.3 is 6.09 Å². The van der Waals surface area contributed by atoms with E-state index in [0.29, 0.717) is 37.7 Å². The lowest BCUT2D eigenvalue weighted by Crippen LogP contribution is -2.39. The van der Waals surface area contributed by atoms with Gasteiger partial charge in [0.25, 0.3) is 0 Å². The monoisotopic (exact) mass is 580 g/mol. The first-order valence-corrected chi connectivity index (χ1v) is 14.9. The first-order chi connectivity index (χ1) is 19.8. The molecule has 4 N–H and O–H groups in total. The molecule has 1 aromatic heterocycles. The summed E-state index contributed by atoms with van der Waals surface area (Å²) in [6, 6.07) is 1.75. The van der Waals surface area contributed by atoms with E-state index in [2.05, 4.69) is 27.2 Å². The van der Waals surface area contributed by atoms with Gasteiger partial charge in [0.05, 0.1) is 16.8 Å². The maximum atomic E-state index is 13.0. The van der Waals surface area contributed by atoms with Gasteiger partial charge in [-0.05, 0) is 92.3 Å². The molecule has 0 unspecified atom stereocenters. The molecule has 0 radical (unpaired) electrons. The van der Waals surface area contributed by atoms with Crippen LogP contribution in [-0.4, -0.2) is 74.6 Å². The number of ether oxygens (including phenoxy) is 2. The molecule has 1 saturated heterocycles. The fourth-order valence-electron chi connectivity index (χ4n) is 6.20. The highest BCUT2D eigenvalue weighted by Crippen LogP contribution is 2.48. The Bertz CT molecular complexity index is 1300. The summed E-state index contributed by atoms with van der Waals surface area (Å²) in [5.41, 5.74) is -1.15. The van der Waals surface area contributed by atoms with Crippen LogP contribution in [0.3, 0.4) is 0 Å². The van der Waals surface area contributed by atoms with Gasteiger partial charge in [-0.3, -0.25) is 25.8 Å². The van der Waals surface area contributed by atoms with Crippen molar-refractivity contribution in [2.24, 2.45) is 5.41 Å². The third-order valence-corrected chi connectivity index (χ3v) is 8.34. The fraction of sp³-hybridized carbons (Fsp3) is 0.613. The summed E-state index contributed by atoms with van der Waals surface area (Å²) in [4.78, 5) is 36.3. The van der Waals surface area contributed by atoms with E-state index in [1.54, 1.807) is 26.8 Å². The van der Waals surface area contributed by atoms with Gasteiger partial charge in [-0.1, -0.05) is 6.42 Å². The summed E-state index contributed by atoms with van der Waals surface area (Å²) in [5, 5.41) is 31.5. The second kappa shape index (κ2) is 12.7. The van der Waals surface area contributed by atoms with Crippen LogP contribution in [0.5, 0.6) is 5.88 Å². The van der Waals surface area contributed by atoms with Crippen molar-refractivity contribution in [3.05, 3.63) is 41.2 Å². The second-order valence-corrected chi connectivity index (χ2v) is 12.6. The normalized spacial score (nSPS) is 24.2. The van der Waals surface area contributed by atoms with Crippen LogP contribution in [-0.2, 0) is 9.53 Å². The lowest BCUT2D eigenvalue weighted by molar-refractivity contribution is -0.131. The van der Waals surface area contributed by atoms with E-state index in [4.69, 9.17) is 20.3 Å². The Labute approximate surface area is 247 Å². The minimum atomic E-state index is -0.931. The lowest BCUT2D eigenvalue weighted by Gasteiger charge is -2.39. The number of hydrogen-bond donors (Lipinski definition) is 4. The Morgan fingerprint density at radius 3 is 2.60 bits per heavy atom. The zero-order valence-corrected chi connectivity index (χ0v) is 25.4. The van der Waals surface area contributed by atoms with E-state index in [1.165, 1.54) is 12.3 Å². The summed E-state index contributed by atoms with van der Waals surface area (Å²) in [5.74, 6) is 0.228. The van der Waals surface area contributed by atoms with Crippen LogP contribution in [0.15, 0.2) is 29.7 Å². The van der Waals surface area contributed by atoms with Gasteiger partial charge in [0.1, 0.15) is 29.0 Å². The molecular formula is C31H44N6O5. The number of nitrogens with one attached hydrogen (secondary N) is 3. The van der Waals surface area contributed by atoms with Crippen LogP contribution >= 0.6 is 0 Å². The smallest absolute Gasteiger partial charge is 0.411 e. The number of likely N-dealkylation sites (N-methyl/N-ethyl adjacent to an activating group) is 1. The third kappa shape index (κ3) is 7.06. The molecule has 2 heterocycles. The molecule has 4 rings (SSSR count). The van der Waals surface area contributed by atoms with E-state index in [-0.39, 0.29) is 52.5 Å². The number of Topliss-reactive ketones (excluding diaryl/α,β-unsaturated/α-hetero) is 1. The molecule has 0 bridgehead atoms. The molecule has 1 amide bonds. The first-order valence-electron chi connectivity index (χ1n) is 14.9. The molecule has 1 aromatic rings. The molecule has 11 heteroatoms. The van der Waals surface area contributed by atoms with Gasteiger partial charge in [-0.2, -0.15) is 4.98 Å². The van der Waals surface area contributed by atoms with E-state index in [0.717, 1.165) is 32.2 Å². The Hall–Kier alpha value is -3.60. The van der Waals surface area contributed by atoms with E-state index < -0.39 is 17.1 Å². The number of rotatable bonds is 8. The van der Waals surface area contributed by atoms with Crippen molar-refractivity contribution < 1.29 is 24.2 Å². The van der Waals surface area contributed by atoms with Gasteiger partial charge in [-0.15, -0.1) is 0 Å². The number of aromatic nitrogens is 2. The highest BCUT2D eigenvalue weighted by Gasteiger charge is 2.47. The van der Waals surface area contributed by atoms with Crippen molar-refractivity contribution in [3.63, 3.8) is 0 Å². The number of nitrogens with zero attached hydrogens (tertiary/aromatic N) is 3. The van der Waals surface area contributed by atoms with Crippen LogP contribution in [0.25, 0.3) is 0 Å². The van der Waals surface area contributed by atoms with Gasteiger partial charge in [-0.25, -0.2) is 9.78 Å². The van der Waals surface area contributed by atoms with Crippen LogP contribution in [0.2, 0.25) is 0 Å². The van der Waals surface area contributed by atoms with Crippen molar-refractivity contribution in [1.82, 2.24) is 20.2 Å². The molecule has 1 saturated carbocycles. The number of aliphatic hydroxyl groups is 1. The third-order valence-electron chi connectivity index (χ3n) is 8.34. The number of carbonyl (C=O) groups excluding carboxylic acids is 2. The van der Waals surface area contributed by atoms with Crippen LogP contribution in [0.4, 0.5) is 4.79 Å². The largest absolute Gasteiger partial charge is 0.511 e. The SMILES string of the molecule is C[C@H](Oc1cc(C(=N)/C=C\NC(=O)OC(C)(C)C)nc(C(=N)C2=C(O)[C@]3(CCCCC3=O)CCC2)n1)[C@@H]1CCCN1C. The molecule has 1 spiro atoms. The molecule has 2 aliphatic carbocycles. The van der Waals surface area contributed by atoms with Crippen LogP contribution in [0.1, 0.15) is 97.0 Å². The average Bonchev–Trinajstić information content (AvgIpc) is 3.36. The van der Waals surface area contributed by atoms with Crippen molar-refractivity contribution in [3.8, 4) is 5.88 Å². The molecule has 228 valence electrons. The number of hydrogen-bond acceptors (Lipinski definition) is 10.